The first-order valence-corrected chi connectivity index (χ1v) is 15.1. The van der Waals surface area contributed by atoms with Crippen molar-refractivity contribution < 1.29 is 50.3 Å². The average Bonchev–Trinajstić information content (AvgIpc) is 3.62. The predicted molar refractivity (Wildman–Crippen MR) is 159 cm³/mol. The topological polar surface area (TPSA) is 144 Å². The molecule has 5 rings (SSSR count). The van der Waals surface area contributed by atoms with E-state index in [1.807, 2.05) is 0 Å². The molecule has 3 amide bonds. The number of piperidine rings is 1. The molecule has 3 aromatic rings. The van der Waals surface area contributed by atoms with Crippen LogP contribution in [0.2, 0.25) is 5.02 Å². The Bertz CT molecular complexity index is 1770. The largest absolute Gasteiger partial charge is 0.490 e. The van der Waals surface area contributed by atoms with Gasteiger partial charge < -0.3 is 29.7 Å². The molecule has 2 aliphatic heterocycles. The molecule has 0 spiro atoms. The summed E-state index contributed by atoms with van der Waals surface area (Å²) in [6.07, 6.45) is -8.02. The SMILES string of the molecule is Cn1cc(-c2cnc(C(=O)Nc3ccc(C(=O)N4CCN(C(=O)C5(OC(=O)C(F)(F)F)CCNCC5)CC4)c(Cl)c3)n2C)c(C(F)(F)F)n1. The molecule has 13 nitrogen and oxygen atoms in total. The molecular formula is C29H29ClF6N8O5. The number of ether oxygens (including phenoxy) is 1. The van der Waals surface area contributed by atoms with Crippen molar-refractivity contribution in [1.29, 1.82) is 0 Å². The third-order valence-corrected chi connectivity index (χ3v) is 8.51. The highest BCUT2D eigenvalue weighted by atomic mass is 35.5. The number of imidazole rings is 1. The monoisotopic (exact) mass is 718 g/mol. The molecule has 1 aromatic carbocycles. The maximum Gasteiger partial charge on any atom is 0.490 e. The van der Waals surface area contributed by atoms with Crippen LogP contribution in [-0.2, 0) is 34.6 Å². The number of esters is 1. The van der Waals surface area contributed by atoms with E-state index in [-0.39, 0.29) is 85.5 Å². The van der Waals surface area contributed by atoms with Crippen molar-refractivity contribution in [1.82, 2.24) is 34.4 Å². The fourth-order valence-electron chi connectivity index (χ4n) is 5.71. The number of anilines is 1. The second-order valence-electron chi connectivity index (χ2n) is 11.5. The molecule has 2 fully saturated rings. The van der Waals surface area contributed by atoms with Gasteiger partial charge in [0.2, 0.25) is 0 Å². The summed E-state index contributed by atoms with van der Waals surface area (Å²) in [7, 11) is 2.70. The zero-order chi connectivity index (χ0) is 35.9. The van der Waals surface area contributed by atoms with Crippen LogP contribution in [0.5, 0.6) is 0 Å². The first kappa shape index (κ1) is 35.7. The normalized spacial score (nSPS) is 16.8. The fourth-order valence-corrected chi connectivity index (χ4v) is 5.97. The van der Waals surface area contributed by atoms with Gasteiger partial charge in [-0.2, -0.15) is 31.4 Å². The number of aryl methyl sites for hydroxylation is 1. The Balaban J connectivity index is 1.23. The van der Waals surface area contributed by atoms with Gasteiger partial charge in [0.1, 0.15) is 0 Å². The minimum Gasteiger partial charge on any atom is -0.442 e. The summed E-state index contributed by atoms with van der Waals surface area (Å²) in [5, 5.41) is 8.90. The minimum atomic E-state index is -5.27. The summed E-state index contributed by atoms with van der Waals surface area (Å²) >= 11 is 6.39. The Kier molecular flexibility index (Phi) is 9.70. The third-order valence-electron chi connectivity index (χ3n) is 8.20. The minimum absolute atomic E-state index is 0.000380. The molecule has 49 heavy (non-hydrogen) atoms. The summed E-state index contributed by atoms with van der Waals surface area (Å²) in [6.45, 7) is 0.280. The number of carbonyl (C=O) groups is 4. The van der Waals surface area contributed by atoms with Gasteiger partial charge in [-0.1, -0.05) is 11.6 Å². The molecule has 2 aromatic heterocycles. The Morgan fingerprint density at radius 1 is 0.980 bits per heavy atom. The number of aromatic nitrogens is 4. The number of nitrogens with zero attached hydrogens (tertiary/aromatic N) is 6. The van der Waals surface area contributed by atoms with E-state index in [1.165, 1.54) is 46.7 Å². The van der Waals surface area contributed by atoms with E-state index < -0.39 is 47.3 Å². The van der Waals surface area contributed by atoms with E-state index >= 15 is 0 Å². The van der Waals surface area contributed by atoms with Crippen LogP contribution in [0.15, 0.2) is 30.6 Å². The smallest absolute Gasteiger partial charge is 0.442 e. The number of benzene rings is 1. The molecule has 0 radical (unpaired) electrons. The van der Waals surface area contributed by atoms with Gasteiger partial charge >= 0.3 is 18.3 Å². The Labute approximate surface area is 279 Å². The predicted octanol–water partition coefficient (Wildman–Crippen LogP) is 3.26. The molecule has 20 heteroatoms. The molecule has 0 atom stereocenters. The Hall–Kier alpha value is -4.65. The Morgan fingerprint density at radius 2 is 1.61 bits per heavy atom. The first-order valence-electron chi connectivity index (χ1n) is 14.7. The van der Waals surface area contributed by atoms with Crippen LogP contribution in [0.3, 0.4) is 0 Å². The highest BCUT2D eigenvalue weighted by molar-refractivity contribution is 6.34. The lowest BCUT2D eigenvalue weighted by atomic mass is 9.90. The van der Waals surface area contributed by atoms with Crippen molar-refractivity contribution in [2.24, 2.45) is 14.1 Å². The van der Waals surface area contributed by atoms with Gasteiger partial charge in [-0.05, 0) is 31.3 Å². The van der Waals surface area contributed by atoms with Gasteiger partial charge in [0, 0.05) is 65.0 Å². The van der Waals surface area contributed by atoms with Gasteiger partial charge in [-0.25, -0.2) is 9.78 Å². The zero-order valence-corrected chi connectivity index (χ0v) is 26.7. The average molecular weight is 719 g/mol. The van der Waals surface area contributed by atoms with Gasteiger partial charge in [0.15, 0.2) is 17.1 Å². The van der Waals surface area contributed by atoms with E-state index in [4.69, 9.17) is 16.3 Å². The number of hydrogen-bond acceptors (Lipinski definition) is 8. The fraction of sp³-hybridized carbons (Fsp3) is 0.448. The number of rotatable bonds is 6. The van der Waals surface area contributed by atoms with E-state index in [9.17, 15) is 45.5 Å². The summed E-state index contributed by atoms with van der Waals surface area (Å²) in [5.41, 5.74) is -3.17. The van der Waals surface area contributed by atoms with E-state index in [0.717, 1.165) is 17.1 Å². The molecule has 2 saturated heterocycles. The summed E-state index contributed by atoms with van der Waals surface area (Å²) in [6, 6.07) is 4.04. The quantitative estimate of drug-likeness (QED) is 0.292. The van der Waals surface area contributed by atoms with Crippen LogP contribution in [0.1, 0.15) is 39.5 Å². The highest BCUT2D eigenvalue weighted by Gasteiger charge is 2.52. The van der Waals surface area contributed by atoms with Crippen LogP contribution in [0.25, 0.3) is 11.3 Å². The Morgan fingerprint density at radius 3 is 2.20 bits per heavy atom. The maximum absolute atomic E-state index is 13.5. The van der Waals surface area contributed by atoms with E-state index in [0.29, 0.717) is 0 Å². The second-order valence-corrected chi connectivity index (χ2v) is 11.9. The number of halogens is 7. The number of nitrogens with one attached hydrogen (secondary N) is 2. The molecule has 4 heterocycles. The van der Waals surface area contributed by atoms with Gasteiger partial charge in [0.25, 0.3) is 17.7 Å². The van der Waals surface area contributed by atoms with Crippen LogP contribution in [0.4, 0.5) is 32.0 Å². The number of amides is 3. The van der Waals surface area contributed by atoms with Crippen LogP contribution < -0.4 is 10.6 Å². The van der Waals surface area contributed by atoms with Crippen LogP contribution >= 0.6 is 11.6 Å². The van der Waals surface area contributed by atoms with E-state index in [2.05, 4.69) is 20.7 Å². The number of carbonyl (C=O) groups excluding carboxylic acids is 4. The third kappa shape index (κ3) is 7.36. The molecule has 0 unspecified atom stereocenters. The lowest BCUT2D eigenvalue weighted by molar-refractivity contribution is -0.218. The standard InChI is InChI=1S/C29H29ClF6N8O5/c1-41-15-18(21(40-41)28(31,32)33)20-14-38-22(42(20)2)23(45)39-16-3-4-17(19(30)13-16)24(46)43-9-11-44(12-10-43)25(47)27(5-7-37-8-6-27)49-26(48)29(34,35)36/h3-4,13-15,37H,5-12H2,1-2H3,(H,39,45). The van der Waals surface area contributed by atoms with E-state index in [1.54, 1.807) is 0 Å². The number of hydrogen-bond donors (Lipinski definition) is 2. The van der Waals surface area contributed by atoms with Gasteiger partial charge in [-0.3, -0.25) is 19.1 Å². The van der Waals surface area contributed by atoms with Crippen molar-refractivity contribution in [2.75, 3.05) is 44.6 Å². The molecular weight excluding hydrogens is 690 g/mol. The van der Waals surface area contributed by atoms with Crippen LogP contribution in [-0.4, -0.2) is 104 Å². The molecule has 2 aliphatic rings. The van der Waals surface area contributed by atoms with Crippen molar-refractivity contribution >= 4 is 41.0 Å². The molecule has 2 N–H and O–H groups in total. The highest BCUT2D eigenvalue weighted by Crippen LogP contribution is 2.36. The van der Waals surface area contributed by atoms with Gasteiger partial charge in [0.05, 0.1) is 28.0 Å². The van der Waals surface area contributed by atoms with Crippen molar-refractivity contribution in [3.63, 3.8) is 0 Å². The lowest BCUT2D eigenvalue weighted by Gasteiger charge is -2.42. The molecule has 264 valence electrons. The molecule has 0 bridgehead atoms. The first-order chi connectivity index (χ1) is 22.9. The number of alkyl halides is 6. The lowest BCUT2D eigenvalue weighted by Crippen LogP contribution is -2.61. The van der Waals surface area contributed by atoms with Crippen molar-refractivity contribution in [3.8, 4) is 11.3 Å². The zero-order valence-electron chi connectivity index (χ0n) is 25.9. The maximum atomic E-state index is 13.5. The van der Waals surface area contributed by atoms with Gasteiger partial charge in [-0.15, -0.1) is 0 Å². The second kappa shape index (κ2) is 13.3. The molecule has 0 aliphatic carbocycles. The summed E-state index contributed by atoms with van der Waals surface area (Å²) in [5.74, 6) is -4.71. The summed E-state index contributed by atoms with van der Waals surface area (Å²) in [4.78, 5) is 57.9. The van der Waals surface area contributed by atoms with Crippen molar-refractivity contribution in [3.05, 3.63) is 52.7 Å². The molecule has 0 saturated carbocycles. The number of piperazine rings is 1. The summed E-state index contributed by atoms with van der Waals surface area (Å²) < 4.78 is 86.3. The van der Waals surface area contributed by atoms with Crippen LogP contribution in [0, 0.1) is 0 Å². The van der Waals surface area contributed by atoms with Crippen molar-refractivity contribution in [2.45, 2.75) is 30.8 Å².